The summed E-state index contributed by atoms with van der Waals surface area (Å²) in [6.45, 7) is 2.48. The lowest BCUT2D eigenvalue weighted by molar-refractivity contribution is 0.0882. The topological polar surface area (TPSA) is 92.5 Å². The van der Waals surface area contributed by atoms with Gasteiger partial charge in [-0.1, -0.05) is 17.7 Å². The molecule has 27 heavy (non-hydrogen) atoms. The first kappa shape index (κ1) is 18.5. The van der Waals surface area contributed by atoms with Gasteiger partial charge in [-0.15, -0.1) is 0 Å². The smallest absolute Gasteiger partial charge is 0.273 e. The summed E-state index contributed by atoms with van der Waals surface area (Å²) in [6, 6.07) is 4.88. The molecule has 0 spiro atoms. The maximum atomic E-state index is 13.2. The SMILES string of the molecule is Cc1c(Cl)cccc1S(=O)(=O)N1C[C@H]2CC[C@@H](C1)C2NC(=O)c1cocn1. The third-order valence-corrected chi connectivity index (χ3v) is 7.98. The second-order valence-corrected chi connectivity index (χ2v) is 9.47. The molecule has 1 unspecified atom stereocenters. The van der Waals surface area contributed by atoms with E-state index in [4.69, 9.17) is 16.0 Å². The summed E-state index contributed by atoms with van der Waals surface area (Å²) in [5.74, 6) is -0.129. The van der Waals surface area contributed by atoms with E-state index in [0.717, 1.165) is 12.8 Å². The van der Waals surface area contributed by atoms with Crippen LogP contribution in [0.3, 0.4) is 0 Å². The number of hydrogen-bond donors (Lipinski definition) is 1. The molecule has 1 aliphatic heterocycles. The van der Waals surface area contributed by atoms with Crippen molar-refractivity contribution < 1.29 is 17.6 Å². The molecule has 1 saturated heterocycles. The van der Waals surface area contributed by atoms with Gasteiger partial charge in [-0.25, -0.2) is 13.4 Å². The molecule has 1 amide bonds. The fourth-order valence-electron chi connectivity index (χ4n) is 4.17. The van der Waals surface area contributed by atoms with Gasteiger partial charge in [0.25, 0.3) is 5.91 Å². The van der Waals surface area contributed by atoms with Crippen molar-refractivity contribution in [2.45, 2.75) is 30.7 Å². The number of carbonyl (C=O) groups is 1. The minimum Gasteiger partial charge on any atom is -0.451 e. The number of benzene rings is 1. The first-order valence-electron chi connectivity index (χ1n) is 8.82. The van der Waals surface area contributed by atoms with Gasteiger partial charge in [-0.3, -0.25) is 4.79 Å². The monoisotopic (exact) mass is 409 g/mol. The Morgan fingerprint density at radius 3 is 2.63 bits per heavy atom. The number of fused-ring (bicyclic) bond motifs is 2. The number of rotatable bonds is 4. The number of sulfonamides is 1. The Morgan fingerprint density at radius 1 is 1.30 bits per heavy atom. The van der Waals surface area contributed by atoms with E-state index in [-0.39, 0.29) is 34.4 Å². The molecule has 3 atom stereocenters. The van der Waals surface area contributed by atoms with E-state index >= 15 is 0 Å². The Kier molecular flexibility index (Phi) is 4.73. The molecule has 1 aromatic carbocycles. The van der Waals surface area contributed by atoms with Crippen molar-refractivity contribution in [3.8, 4) is 0 Å². The van der Waals surface area contributed by atoms with E-state index in [1.807, 2.05) is 0 Å². The fourth-order valence-corrected chi connectivity index (χ4v) is 6.20. The molecule has 1 aliphatic carbocycles. The molecule has 2 heterocycles. The Bertz CT molecular complexity index is 947. The van der Waals surface area contributed by atoms with Crippen LogP contribution in [0.15, 0.2) is 40.2 Å². The average molecular weight is 410 g/mol. The van der Waals surface area contributed by atoms with E-state index in [2.05, 4.69) is 10.3 Å². The van der Waals surface area contributed by atoms with Gasteiger partial charge in [0.2, 0.25) is 10.0 Å². The molecule has 0 radical (unpaired) electrons. The maximum Gasteiger partial charge on any atom is 0.273 e. The maximum absolute atomic E-state index is 13.2. The van der Waals surface area contributed by atoms with Crippen LogP contribution < -0.4 is 5.32 Å². The Balaban J connectivity index is 1.53. The van der Waals surface area contributed by atoms with E-state index in [0.29, 0.717) is 23.7 Å². The zero-order chi connectivity index (χ0) is 19.2. The van der Waals surface area contributed by atoms with Gasteiger partial charge in [0.1, 0.15) is 6.26 Å². The molecule has 9 heteroatoms. The molecule has 2 fully saturated rings. The van der Waals surface area contributed by atoms with Crippen LogP contribution in [0.5, 0.6) is 0 Å². The molecular formula is C18H20ClN3O4S. The van der Waals surface area contributed by atoms with Gasteiger partial charge in [0.05, 0.1) is 4.90 Å². The van der Waals surface area contributed by atoms with Gasteiger partial charge >= 0.3 is 0 Å². The molecule has 1 N–H and O–H groups in total. The van der Waals surface area contributed by atoms with Crippen LogP contribution in [0, 0.1) is 18.8 Å². The van der Waals surface area contributed by atoms with Crippen LogP contribution in [0.4, 0.5) is 0 Å². The summed E-state index contributed by atoms with van der Waals surface area (Å²) in [6.07, 6.45) is 4.29. The number of oxazole rings is 1. The number of halogens is 1. The lowest BCUT2D eigenvalue weighted by Gasteiger charge is -2.37. The number of piperidine rings is 1. The standard InChI is InChI=1S/C18H20ClN3O4S/c1-11-14(19)3-2-4-16(11)27(24,25)22-7-12-5-6-13(8-22)17(12)21-18(23)15-9-26-10-20-15/h2-4,9-10,12-13,17H,5-8H2,1H3,(H,21,23)/t12-,13+,17?. The zero-order valence-corrected chi connectivity index (χ0v) is 16.3. The van der Waals surface area contributed by atoms with Crippen molar-refractivity contribution in [3.63, 3.8) is 0 Å². The predicted octanol–water partition coefficient (Wildman–Crippen LogP) is 2.47. The van der Waals surface area contributed by atoms with Gasteiger partial charge in [-0.05, 0) is 49.3 Å². The van der Waals surface area contributed by atoms with Crippen molar-refractivity contribution in [1.29, 1.82) is 0 Å². The van der Waals surface area contributed by atoms with Gasteiger partial charge < -0.3 is 9.73 Å². The third-order valence-electron chi connectivity index (χ3n) is 5.60. The quantitative estimate of drug-likeness (QED) is 0.837. The average Bonchev–Trinajstić information content (AvgIpc) is 3.23. The van der Waals surface area contributed by atoms with Crippen molar-refractivity contribution in [1.82, 2.24) is 14.6 Å². The number of amides is 1. The van der Waals surface area contributed by atoms with Crippen molar-refractivity contribution >= 4 is 27.5 Å². The lowest BCUT2D eigenvalue weighted by atomic mass is 9.93. The van der Waals surface area contributed by atoms with Crippen molar-refractivity contribution in [2.24, 2.45) is 11.8 Å². The molecule has 4 rings (SSSR count). The van der Waals surface area contributed by atoms with E-state index in [9.17, 15) is 13.2 Å². The number of hydrogen-bond acceptors (Lipinski definition) is 5. The number of nitrogens with zero attached hydrogens (tertiary/aromatic N) is 2. The van der Waals surface area contributed by atoms with Crippen LogP contribution in [0.1, 0.15) is 28.9 Å². The lowest BCUT2D eigenvalue weighted by Crippen LogP contribution is -2.53. The third kappa shape index (κ3) is 3.26. The number of carbonyl (C=O) groups excluding carboxylic acids is 1. The summed E-state index contributed by atoms with van der Waals surface area (Å²) in [4.78, 5) is 16.4. The Morgan fingerprint density at radius 2 is 2.00 bits per heavy atom. The minimum absolute atomic E-state index is 0.0545. The fraction of sp³-hybridized carbons (Fsp3) is 0.444. The van der Waals surface area contributed by atoms with Crippen LogP contribution >= 0.6 is 11.6 Å². The van der Waals surface area contributed by atoms with Crippen LogP contribution in [0.25, 0.3) is 0 Å². The largest absolute Gasteiger partial charge is 0.451 e. The number of aromatic nitrogens is 1. The first-order chi connectivity index (χ1) is 12.9. The normalized spacial score (nSPS) is 25.5. The Hall–Kier alpha value is -1.90. The Labute approximate surface area is 162 Å². The van der Waals surface area contributed by atoms with Crippen LogP contribution in [-0.4, -0.2) is 42.7 Å². The summed E-state index contributed by atoms with van der Waals surface area (Å²) in [7, 11) is -3.63. The van der Waals surface area contributed by atoms with E-state index in [1.165, 1.54) is 17.0 Å². The number of nitrogens with one attached hydrogen (secondary N) is 1. The molecule has 1 aromatic heterocycles. The highest BCUT2D eigenvalue weighted by Crippen LogP contribution is 2.39. The second kappa shape index (κ2) is 6.92. The highest BCUT2D eigenvalue weighted by molar-refractivity contribution is 7.89. The summed E-state index contributed by atoms with van der Waals surface area (Å²) < 4.78 is 32.7. The molecule has 2 aliphatic rings. The molecular weight excluding hydrogens is 390 g/mol. The highest BCUT2D eigenvalue weighted by atomic mass is 35.5. The highest BCUT2D eigenvalue weighted by Gasteiger charge is 2.46. The van der Waals surface area contributed by atoms with Gasteiger partial charge in [0.15, 0.2) is 12.1 Å². The second-order valence-electron chi connectivity index (χ2n) is 7.16. The molecule has 7 nitrogen and oxygen atoms in total. The van der Waals surface area contributed by atoms with Crippen molar-refractivity contribution in [2.75, 3.05) is 13.1 Å². The molecule has 144 valence electrons. The van der Waals surface area contributed by atoms with Crippen LogP contribution in [0.2, 0.25) is 5.02 Å². The van der Waals surface area contributed by atoms with Gasteiger partial charge in [0, 0.05) is 24.2 Å². The predicted molar refractivity (Wildman–Crippen MR) is 98.9 cm³/mol. The van der Waals surface area contributed by atoms with Crippen molar-refractivity contribution in [3.05, 3.63) is 47.1 Å². The van der Waals surface area contributed by atoms with Gasteiger partial charge in [-0.2, -0.15) is 4.31 Å². The summed E-state index contributed by atoms with van der Waals surface area (Å²) in [5, 5.41) is 3.45. The first-order valence-corrected chi connectivity index (χ1v) is 10.6. The van der Waals surface area contributed by atoms with E-state index < -0.39 is 10.0 Å². The zero-order valence-electron chi connectivity index (χ0n) is 14.8. The summed E-state index contributed by atoms with van der Waals surface area (Å²) >= 11 is 6.11. The molecule has 1 saturated carbocycles. The van der Waals surface area contributed by atoms with E-state index in [1.54, 1.807) is 25.1 Å². The molecule has 2 aromatic rings. The summed E-state index contributed by atoms with van der Waals surface area (Å²) in [5.41, 5.74) is 0.798. The molecule has 2 bridgehead atoms. The minimum atomic E-state index is -3.63. The van der Waals surface area contributed by atoms with Crippen LogP contribution in [-0.2, 0) is 10.0 Å².